The van der Waals surface area contributed by atoms with Gasteiger partial charge in [-0.15, -0.1) is 0 Å². The molecule has 2 atom stereocenters. The van der Waals surface area contributed by atoms with Crippen LogP contribution in [-0.4, -0.2) is 18.1 Å². The average Bonchev–Trinajstić information content (AvgIpc) is 2.69. The maximum absolute atomic E-state index is 5.82. The zero-order valence-corrected chi connectivity index (χ0v) is 11.5. The molecule has 0 amide bonds. The summed E-state index contributed by atoms with van der Waals surface area (Å²) < 4.78 is 0. The molecular weight excluding hydrogens is 228 g/mol. The van der Waals surface area contributed by atoms with E-state index in [9.17, 15) is 0 Å². The number of rotatable bonds is 5. The summed E-state index contributed by atoms with van der Waals surface area (Å²) in [6.45, 7) is 2.28. The van der Waals surface area contributed by atoms with Crippen LogP contribution in [0.25, 0.3) is 0 Å². The first-order valence-corrected chi connectivity index (χ1v) is 7.73. The average molecular weight is 250 g/mol. The van der Waals surface area contributed by atoms with Crippen molar-refractivity contribution in [2.24, 2.45) is 0 Å². The molecule has 3 heteroatoms. The van der Waals surface area contributed by atoms with Gasteiger partial charge < -0.3 is 11.1 Å². The van der Waals surface area contributed by atoms with Gasteiger partial charge >= 0.3 is 0 Å². The van der Waals surface area contributed by atoms with Crippen LogP contribution in [0.5, 0.6) is 0 Å². The molecule has 0 radical (unpaired) electrons. The molecule has 1 aromatic rings. The van der Waals surface area contributed by atoms with Crippen molar-refractivity contribution in [1.82, 2.24) is 5.32 Å². The number of hydrogen-bond acceptors (Lipinski definition) is 3. The van der Waals surface area contributed by atoms with Gasteiger partial charge in [0, 0.05) is 17.8 Å². The van der Waals surface area contributed by atoms with Gasteiger partial charge in [0.1, 0.15) is 0 Å². The Morgan fingerprint density at radius 2 is 2.35 bits per heavy atom. The molecule has 94 valence electrons. The molecule has 2 rings (SSSR count). The summed E-state index contributed by atoms with van der Waals surface area (Å²) in [4.78, 5) is 0. The molecule has 3 N–H and O–H groups in total. The quantitative estimate of drug-likeness (QED) is 0.789. The summed E-state index contributed by atoms with van der Waals surface area (Å²) in [5.74, 6) is 1.23. The lowest BCUT2D eigenvalue weighted by Gasteiger charge is -2.20. The maximum atomic E-state index is 5.82. The van der Waals surface area contributed by atoms with Crippen LogP contribution < -0.4 is 11.1 Å². The molecule has 0 heterocycles. The van der Waals surface area contributed by atoms with Crippen LogP contribution in [0.2, 0.25) is 0 Å². The lowest BCUT2D eigenvalue weighted by Crippen LogP contribution is -2.29. The first-order chi connectivity index (χ1) is 8.20. The van der Waals surface area contributed by atoms with Crippen molar-refractivity contribution in [3.05, 3.63) is 29.3 Å². The van der Waals surface area contributed by atoms with Gasteiger partial charge in [-0.2, -0.15) is 11.8 Å². The minimum atomic E-state index is 0.530. The SMILES string of the molecule is CSCCC(C)NC1CCc2cc(N)ccc21. The molecule has 0 aromatic heterocycles. The largest absolute Gasteiger partial charge is 0.399 e. The molecule has 2 unspecified atom stereocenters. The third-order valence-electron chi connectivity index (χ3n) is 3.49. The number of aryl methyl sites for hydroxylation is 1. The highest BCUT2D eigenvalue weighted by molar-refractivity contribution is 7.98. The number of thioether (sulfide) groups is 1. The molecule has 0 saturated carbocycles. The van der Waals surface area contributed by atoms with Crippen molar-refractivity contribution >= 4 is 17.4 Å². The fraction of sp³-hybridized carbons (Fsp3) is 0.571. The Balaban J connectivity index is 1.97. The second kappa shape index (κ2) is 5.78. The van der Waals surface area contributed by atoms with E-state index in [4.69, 9.17) is 5.73 Å². The summed E-state index contributed by atoms with van der Waals surface area (Å²) in [6.07, 6.45) is 5.78. The van der Waals surface area contributed by atoms with Crippen LogP contribution in [0.1, 0.15) is 36.9 Å². The molecular formula is C14H22N2S. The zero-order chi connectivity index (χ0) is 12.3. The van der Waals surface area contributed by atoms with Crippen LogP contribution in [0, 0.1) is 0 Å². The smallest absolute Gasteiger partial charge is 0.0328 e. The molecule has 0 aliphatic heterocycles. The highest BCUT2D eigenvalue weighted by Gasteiger charge is 2.23. The highest BCUT2D eigenvalue weighted by atomic mass is 32.2. The predicted octanol–water partition coefficient (Wildman–Crippen LogP) is 2.99. The van der Waals surface area contributed by atoms with E-state index in [0.29, 0.717) is 12.1 Å². The van der Waals surface area contributed by atoms with Gasteiger partial charge in [-0.3, -0.25) is 0 Å². The van der Waals surface area contributed by atoms with Crippen molar-refractivity contribution in [3.8, 4) is 0 Å². The van der Waals surface area contributed by atoms with E-state index < -0.39 is 0 Å². The number of nitrogens with one attached hydrogen (secondary N) is 1. The second-order valence-corrected chi connectivity index (χ2v) is 5.88. The van der Waals surface area contributed by atoms with Gasteiger partial charge in [0.2, 0.25) is 0 Å². The lowest BCUT2D eigenvalue weighted by molar-refractivity contribution is 0.446. The first kappa shape index (κ1) is 12.8. The van der Waals surface area contributed by atoms with E-state index in [2.05, 4.69) is 30.6 Å². The molecule has 0 spiro atoms. The highest BCUT2D eigenvalue weighted by Crippen LogP contribution is 2.32. The van der Waals surface area contributed by atoms with Gasteiger partial charge in [-0.1, -0.05) is 6.07 Å². The van der Waals surface area contributed by atoms with Gasteiger partial charge in [0.15, 0.2) is 0 Å². The summed E-state index contributed by atoms with van der Waals surface area (Å²) in [5.41, 5.74) is 9.59. The van der Waals surface area contributed by atoms with E-state index in [0.717, 1.165) is 12.1 Å². The number of nitrogen functional groups attached to an aromatic ring is 1. The van der Waals surface area contributed by atoms with Crippen LogP contribution in [0.4, 0.5) is 5.69 Å². The van der Waals surface area contributed by atoms with E-state index in [1.807, 2.05) is 17.8 Å². The number of hydrogen-bond donors (Lipinski definition) is 2. The summed E-state index contributed by atoms with van der Waals surface area (Å²) >= 11 is 1.92. The third-order valence-corrected chi connectivity index (χ3v) is 4.13. The minimum absolute atomic E-state index is 0.530. The van der Waals surface area contributed by atoms with Crippen molar-refractivity contribution < 1.29 is 0 Å². The Kier molecular flexibility index (Phi) is 4.35. The fourth-order valence-corrected chi connectivity index (χ4v) is 3.12. The van der Waals surface area contributed by atoms with Crippen LogP contribution in [-0.2, 0) is 6.42 Å². The van der Waals surface area contributed by atoms with Gasteiger partial charge in [-0.05, 0) is 61.5 Å². The lowest BCUT2D eigenvalue weighted by atomic mass is 10.1. The number of fused-ring (bicyclic) bond motifs is 1. The molecule has 0 saturated heterocycles. The third kappa shape index (κ3) is 3.17. The normalized spacial score (nSPS) is 20.2. The molecule has 0 bridgehead atoms. The fourth-order valence-electron chi connectivity index (χ4n) is 2.53. The monoisotopic (exact) mass is 250 g/mol. The predicted molar refractivity (Wildman–Crippen MR) is 77.5 cm³/mol. The standard InChI is InChI=1S/C14H22N2S/c1-10(7-8-17-2)16-14-6-3-11-9-12(15)4-5-13(11)14/h4-5,9-10,14,16H,3,6-8,15H2,1-2H3. The van der Waals surface area contributed by atoms with Crippen molar-refractivity contribution in [2.45, 2.75) is 38.3 Å². The van der Waals surface area contributed by atoms with E-state index in [1.54, 1.807) is 0 Å². The van der Waals surface area contributed by atoms with Crippen LogP contribution in [0.15, 0.2) is 18.2 Å². The van der Waals surface area contributed by atoms with Gasteiger partial charge in [-0.25, -0.2) is 0 Å². The van der Waals surface area contributed by atoms with Crippen molar-refractivity contribution in [2.75, 3.05) is 17.7 Å². The minimum Gasteiger partial charge on any atom is -0.399 e. The number of anilines is 1. The van der Waals surface area contributed by atoms with Gasteiger partial charge in [0.05, 0.1) is 0 Å². The molecule has 1 aromatic carbocycles. The van der Waals surface area contributed by atoms with E-state index >= 15 is 0 Å². The summed E-state index contributed by atoms with van der Waals surface area (Å²) in [7, 11) is 0. The maximum Gasteiger partial charge on any atom is 0.0328 e. The van der Waals surface area contributed by atoms with Gasteiger partial charge in [0.25, 0.3) is 0 Å². The molecule has 1 aliphatic carbocycles. The molecule has 0 fully saturated rings. The van der Waals surface area contributed by atoms with Crippen molar-refractivity contribution in [3.63, 3.8) is 0 Å². The first-order valence-electron chi connectivity index (χ1n) is 6.34. The molecule has 2 nitrogen and oxygen atoms in total. The Hall–Kier alpha value is -0.670. The topological polar surface area (TPSA) is 38.0 Å². The van der Waals surface area contributed by atoms with Crippen molar-refractivity contribution in [1.29, 1.82) is 0 Å². The number of nitrogens with two attached hydrogens (primary N) is 1. The van der Waals surface area contributed by atoms with E-state index in [-0.39, 0.29) is 0 Å². The zero-order valence-electron chi connectivity index (χ0n) is 10.7. The Morgan fingerprint density at radius 1 is 1.53 bits per heavy atom. The Labute approximate surface area is 108 Å². The number of benzene rings is 1. The molecule has 1 aliphatic rings. The molecule has 17 heavy (non-hydrogen) atoms. The van der Waals surface area contributed by atoms with E-state index in [1.165, 1.54) is 29.7 Å². The van der Waals surface area contributed by atoms with Crippen LogP contribution in [0.3, 0.4) is 0 Å². The Morgan fingerprint density at radius 3 is 3.12 bits per heavy atom. The Bertz CT molecular complexity index is 378. The second-order valence-electron chi connectivity index (χ2n) is 4.90. The van der Waals surface area contributed by atoms with Crippen LogP contribution >= 0.6 is 11.8 Å². The summed E-state index contributed by atoms with van der Waals surface area (Å²) in [5, 5.41) is 3.74. The summed E-state index contributed by atoms with van der Waals surface area (Å²) in [6, 6.07) is 7.46.